The lowest BCUT2D eigenvalue weighted by atomic mass is 9.79. The number of likely N-dealkylation sites (tertiary alicyclic amines) is 1. The molecular formula is C24H35N5O. The molecule has 3 atom stereocenters. The highest BCUT2D eigenvalue weighted by molar-refractivity contribution is 5.75. The lowest BCUT2D eigenvalue weighted by Crippen LogP contribution is -2.55. The van der Waals surface area contributed by atoms with Crippen LogP contribution in [0, 0.1) is 11.8 Å². The van der Waals surface area contributed by atoms with Crippen molar-refractivity contribution in [3.63, 3.8) is 0 Å². The first kappa shape index (κ1) is 21.1. The molecule has 0 aliphatic carbocycles. The highest BCUT2D eigenvalue weighted by Crippen LogP contribution is 2.31. The average Bonchev–Trinajstić information content (AvgIpc) is 3.27. The number of hydrogen-bond acceptors (Lipinski definition) is 4. The Morgan fingerprint density at radius 2 is 2.07 bits per heavy atom. The molecule has 2 N–H and O–H groups in total. The third kappa shape index (κ3) is 6.16. The smallest absolute Gasteiger partial charge is 0.219 e. The van der Waals surface area contributed by atoms with Crippen LogP contribution < -0.4 is 10.6 Å². The maximum absolute atomic E-state index is 12.2. The van der Waals surface area contributed by atoms with Crippen LogP contribution in [0.3, 0.4) is 0 Å². The van der Waals surface area contributed by atoms with Gasteiger partial charge in [0.25, 0.3) is 0 Å². The molecule has 2 bridgehead atoms. The predicted molar refractivity (Wildman–Crippen MR) is 119 cm³/mol. The molecule has 3 heterocycles. The van der Waals surface area contributed by atoms with Crippen molar-refractivity contribution in [3.8, 4) is 0 Å². The molecule has 2 saturated heterocycles. The lowest BCUT2D eigenvalue weighted by Gasteiger charge is -2.46. The van der Waals surface area contributed by atoms with Gasteiger partial charge in [0.05, 0.1) is 0 Å². The number of carbonyl (C=O) groups excluding carboxylic acids is 1. The first-order chi connectivity index (χ1) is 14.8. The van der Waals surface area contributed by atoms with E-state index in [9.17, 15) is 4.79 Å². The standard InChI is InChI=1S/C24H35N5O/c30-24(25-11-5-13-29-14-6-12-27-29)10-4-9-23-22-15-21(16-26-23)18-28(19-22)17-20-7-2-1-3-8-20/h1-3,6-8,12,14,21-23,26H,4-5,9-11,13,15-19H2,(H,25,30)/t21?,22?,23-/m1/s1. The normalized spacial score (nSPS) is 23.9. The van der Waals surface area contributed by atoms with Crippen molar-refractivity contribution in [2.24, 2.45) is 11.8 Å². The van der Waals surface area contributed by atoms with Gasteiger partial charge in [-0.25, -0.2) is 0 Å². The molecule has 0 spiro atoms. The molecule has 6 nitrogen and oxygen atoms in total. The van der Waals surface area contributed by atoms with Gasteiger partial charge in [-0.1, -0.05) is 30.3 Å². The van der Waals surface area contributed by atoms with Gasteiger partial charge in [-0.2, -0.15) is 5.10 Å². The van der Waals surface area contributed by atoms with Crippen molar-refractivity contribution in [1.82, 2.24) is 25.3 Å². The van der Waals surface area contributed by atoms with Crippen molar-refractivity contribution >= 4 is 5.91 Å². The molecule has 2 fully saturated rings. The van der Waals surface area contributed by atoms with Gasteiger partial charge in [0.1, 0.15) is 0 Å². The van der Waals surface area contributed by atoms with Crippen LogP contribution in [0.15, 0.2) is 48.8 Å². The summed E-state index contributed by atoms with van der Waals surface area (Å²) in [4.78, 5) is 14.8. The maximum Gasteiger partial charge on any atom is 0.219 e. The second-order valence-corrected chi connectivity index (χ2v) is 8.92. The molecule has 1 amide bonds. The first-order valence-corrected chi connectivity index (χ1v) is 11.5. The average molecular weight is 410 g/mol. The van der Waals surface area contributed by atoms with Gasteiger partial charge in [0, 0.05) is 57.6 Å². The van der Waals surface area contributed by atoms with Crippen LogP contribution in [0.2, 0.25) is 0 Å². The highest BCUT2D eigenvalue weighted by Gasteiger charge is 2.35. The molecule has 6 heteroatoms. The fourth-order valence-electron chi connectivity index (χ4n) is 5.05. The van der Waals surface area contributed by atoms with Crippen LogP contribution in [-0.4, -0.2) is 52.8 Å². The number of carbonyl (C=O) groups is 1. The summed E-state index contributed by atoms with van der Waals surface area (Å²) in [7, 11) is 0. The summed E-state index contributed by atoms with van der Waals surface area (Å²) >= 11 is 0. The van der Waals surface area contributed by atoms with E-state index in [2.05, 4.69) is 51.0 Å². The zero-order valence-corrected chi connectivity index (χ0v) is 17.9. The summed E-state index contributed by atoms with van der Waals surface area (Å²) < 4.78 is 1.90. The summed E-state index contributed by atoms with van der Waals surface area (Å²) in [5, 5.41) is 11.0. The van der Waals surface area contributed by atoms with Crippen LogP contribution in [0.4, 0.5) is 0 Å². The summed E-state index contributed by atoms with van der Waals surface area (Å²) in [6.45, 7) is 6.11. The van der Waals surface area contributed by atoms with Crippen molar-refractivity contribution in [1.29, 1.82) is 0 Å². The minimum absolute atomic E-state index is 0.179. The Kier molecular flexibility index (Phi) is 7.54. The number of aromatic nitrogens is 2. The van der Waals surface area contributed by atoms with Crippen LogP contribution in [0.5, 0.6) is 0 Å². The molecule has 2 aliphatic rings. The van der Waals surface area contributed by atoms with Gasteiger partial charge in [0.2, 0.25) is 5.91 Å². The molecule has 2 aliphatic heterocycles. The maximum atomic E-state index is 12.2. The first-order valence-electron chi connectivity index (χ1n) is 11.5. The van der Waals surface area contributed by atoms with E-state index in [0.717, 1.165) is 51.4 Å². The number of nitrogens with one attached hydrogen (secondary N) is 2. The Balaban J connectivity index is 1.14. The van der Waals surface area contributed by atoms with E-state index in [4.69, 9.17) is 0 Å². The Morgan fingerprint density at radius 3 is 2.90 bits per heavy atom. The van der Waals surface area contributed by atoms with Crippen molar-refractivity contribution in [3.05, 3.63) is 54.4 Å². The molecular weight excluding hydrogens is 374 g/mol. The second-order valence-electron chi connectivity index (χ2n) is 8.92. The number of rotatable bonds is 10. The fraction of sp³-hybridized carbons (Fsp3) is 0.583. The molecule has 4 rings (SSSR count). The predicted octanol–water partition coefficient (Wildman–Crippen LogP) is 2.67. The lowest BCUT2D eigenvalue weighted by molar-refractivity contribution is -0.121. The molecule has 2 aromatic rings. The Bertz CT molecular complexity index is 763. The molecule has 1 aromatic heterocycles. The Labute approximate surface area is 180 Å². The van der Waals surface area contributed by atoms with E-state index in [0.29, 0.717) is 18.4 Å². The van der Waals surface area contributed by atoms with E-state index in [1.807, 2.05) is 16.9 Å². The zero-order chi connectivity index (χ0) is 20.6. The van der Waals surface area contributed by atoms with Crippen LogP contribution >= 0.6 is 0 Å². The van der Waals surface area contributed by atoms with E-state index >= 15 is 0 Å². The second kappa shape index (κ2) is 10.7. The quantitative estimate of drug-likeness (QED) is 0.592. The molecule has 1 aromatic carbocycles. The monoisotopic (exact) mass is 409 g/mol. The number of benzene rings is 1. The van der Waals surface area contributed by atoms with Crippen LogP contribution in [0.1, 0.15) is 37.7 Å². The number of piperidine rings is 2. The van der Waals surface area contributed by atoms with E-state index in [-0.39, 0.29) is 5.91 Å². The van der Waals surface area contributed by atoms with E-state index in [1.165, 1.54) is 25.1 Å². The number of fused-ring (bicyclic) bond motifs is 2. The molecule has 0 saturated carbocycles. The molecule has 0 radical (unpaired) electrons. The summed E-state index contributed by atoms with van der Waals surface area (Å²) in [5.41, 5.74) is 1.41. The zero-order valence-electron chi connectivity index (χ0n) is 17.9. The Hall–Kier alpha value is -2.18. The number of amides is 1. The summed E-state index contributed by atoms with van der Waals surface area (Å²) in [6, 6.07) is 13.3. The third-order valence-electron chi connectivity index (χ3n) is 6.50. The number of nitrogens with zero attached hydrogens (tertiary/aromatic N) is 3. The summed E-state index contributed by atoms with van der Waals surface area (Å²) in [6.07, 6.45) is 8.67. The minimum Gasteiger partial charge on any atom is -0.356 e. The SMILES string of the molecule is O=C(CCC[C@H]1NCC2CC1CN(Cc1ccccc1)C2)NCCCn1cccn1. The number of hydrogen-bond donors (Lipinski definition) is 2. The van der Waals surface area contributed by atoms with Gasteiger partial charge in [-0.15, -0.1) is 0 Å². The van der Waals surface area contributed by atoms with Gasteiger partial charge in [-0.3, -0.25) is 14.4 Å². The van der Waals surface area contributed by atoms with E-state index < -0.39 is 0 Å². The molecule has 2 unspecified atom stereocenters. The largest absolute Gasteiger partial charge is 0.356 e. The third-order valence-corrected chi connectivity index (χ3v) is 6.50. The van der Waals surface area contributed by atoms with Crippen molar-refractivity contribution in [2.45, 2.75) is 51.2 Å². The Morgan fingerprint density at radius 1 is 1.17 bits per heavy atom. The molecule has 30 heavy (non-hydrogen) atoms. The van der Waals surface area contributed by atoms with Gasteiger partial charge < -0.3 is 10.6 Å². The summed E-state index contributed by atoms with van der Waals surface area (Å²) in [5.74, 6) is 1.65. The molecule has 162 valence electrons. The van der Waals surface area contributed by atoms with E-state index in [1.54, 1.807) is 6.20 Å². The van der Waals surface area contributed by atoms with Crippen molar-refractivity contribution < 1.29 is 4.79 Å². The van der Waals surface area contributed by atoms with Crippen molar-refractivity contribution in [2.75, 3.05) is 26.2 Å². The number of aryl methyl sites for hydroxylation is 1. The fourth-order valence-corrected chi connectivity index (χ4v) is 5.05. The van der Waals surface area contributed by atoms with Crippen LogP contribution in [-0.2, 0) is 17.9 Å². The van der Waals surface area contributed by atoms with Crippen LogP contribution in [0.25, 0.3) is 0 Å². The topological polar surface area (TPSA) is 62.2 Å². The van der Waals surface area contributed by atoms with Gasteiger partial charge in [-0.05, 0) is 55.7 Å². The van der Waals surface area contributed by atoms with Gasteiger partial charge in [0.15, 0.2) is 0 Å². The minimum atomic E-state index is 0.179. The highest BCUT2D eigenvalue weighted by atomic mass is 16.1. The van der Waals surface area contributed by atoms with Gasteiger partial charge >= 0.3 is 0 Å².